The van der Waals surface area contributed by atoms with Gasteiger partial charge in [-0.1, -0.05) is 37.1 Å². The molecule has 92 valence electrons. The highest BCUT2D eigenvalue weighted by Gasteiger charge is 2.27. The van der Waals surface area contributed by atoms with Gasteiger partial charge in [0.05, 0.1) is 0 Å². The van der Waals surface area contributed by atoms with E-state index in [1.54, 1.807) is 5.56 Å². The van der Waals surface area contributed by atoms with Crippen molar-refractivity contribution in [3.63, 3.8) is 0 Å². The Labute approximate surface area is 105 Å². The highest BCUT2D eigenvalue weighted by Crippen LogP contribution is 2.39. The molecule has 2 aliphatic rings. The van der Waals surface area contributed by atoms with Crippen LogP contribution < -0.4 is 5.32 Å². The smallest absolute Gasteiger partial charge is 0.0346 e. The first-order chi connectivity index (χ1) is 8.38. The van der Waals surface area contributed by atoms with Crippen molar-refractivity contribution in [2.75, 3.05) is 7.05 Å². The van der Waals surface area contributed by atoms with Crippen LogP contribution in [0.25, 0.3) is 0 Å². The summed E-state index contributed by atoms with van der Waals surface area (Å²) in [6.07, 6.45) is 8.44. The van der Waals surface area contributed by atoms with Crippen LogP contribution in [-0.2, 0) is 0 Å². The standard InChI is InChI=1S/C16H23N/c1-17-16(14-6-3-7-14)15-10-8-13(9-11-15)12-4-2-5-12/h8-12,14,16-17H,2-7H2,1H3. The van der Waals surface area contributed by atoms with Gasteiger partial charge in [-0.2, -0.15) is 0 Å². The molecule has 0 spiro atoms. The second-order valence-corrected chi connectivity index (χ2v) is 5.75. The van der Waals surface area contributed by atoms with E-state index in [0.717, 1.165) is 11.8 Å². The number of hydrogen-bond donors (Lipinski definition) is 1. The van der Waals surface area contributed by atoms with Crippen LogP contribution in [0.2, 0.25) is 0 Å². The average molecular weight is 229 g/mol. The Morgan fingerprint density at radius 3 is 2.06 bits per heavy atom. The highest BCUT2D eigenvalue weighted by molar-refractivity contribution is 5.29. The Kier molecular flexibility index (Phi) is 3.19. The lowest BCUT2D eigenvalue weighted by Gasteiger charge is -2.34. The summed E-state index contributed by atoms with van der Waals surface area (Å²) in [5.74, 6) is 1.73. The molecular formula is C16H23N. The van der Waals surface area contributed by atoms with Crippen molar-refractivity contribution in [1.29, 1.82) is 0 Å². The van der Waals surface area contributed by atoms with Crippen LogP contribution in [0.4, 0.5) is 0 Å². The van der Waals surface area contributed by atoms with Crippen molar-refractivity contribution in [3.05, 3.63) is 35.4 Å². The molecule has 1 nitrogen and oxygen atoms in total. The molecule has 2 fully saturated rings. The Hall–Kier alpha value is -0.820. The predicted molar refractivity (Wildman–Crippen MR) is 72.2 cm³/mol. The van der Waals surface area contributed by atoms with Crippen molar-refractivity contribution in [3.8, 4) is 0 Å². The molecule has 3 rings (SSSR count). The zero-order valence-corrected chi connectivity index (χ0v) is 10.8. The summed E-state index contributed by atoms with van der Waals surface area (Å²) in [5.41, 5.74) is 3.05. The summed E-state index contributed by atoms with van der Waals surface area (Å²) in [7, 11) is 2.10. The molecule has 0 bridgehead atoms. The Morgan fingerprint density at radius 2 is 1.65 bits per heavy atom. The Bertz CT molecular complexity index is 360. The van der Waals surface area contributed by atoms with E-state index in [-0.39, 0.29) is 0 Å². The maximum atomic E-state index is 3.50. The maximum absolute atomic E-state index is 3.50. The van der Waals surface area contributed by atoms with Gasteiger partial charge in [-0.05, 0) is 55.7 Å². The molecule has 1 unspecified atom stereocenters. The van der Waals surface area contributed by atoms with Gasteiger partial charge in [-0.3, -0.25) is 0 Å². The van der Waals surface area contributed by atoms with E-state index in [1.807, 2.05) is 0 Å². The zero-order chi connectivity index (χ0) is 11.7. The van der Waals surface area contributed by atoms with Crippen molar-refractivity contribution in [2.45, 2.75) is 50.5 Å². The third-order valence-corrected chi connectivity index (χ3v) is 4.80. The molecule has 0 aliphatic heterocycles. The molecule has 0 radical (unpaired) electrons. The van der Waals surface area contributed by atoms with Crippen LogP contribution in [0.1, 0.15) is 61.6 Å². The van der Waals surface area contributed by atoms with Gasteiger partial charge in [-0.15, -0.1) is 0 Å². The van der Waals surface area contributed by atoms with E-state index in [2.05, 4.69) is 36.6 Å². The van der Waals surface area contributed by atoms with Gasteiger partial charge in [0, 0.05) is 6.04 Å². The lowest BCUT2D eigenvalue weighted by Crippen LogP contribution is -2.29. The van der Waals surface area contributed by atoms with E-state index >= 15 is 0 Å². The molecule has 0 heterocycles. The van der Waals surface area contributed by atoms with Crippen LogP contribution in [0.5, 0.6) is 0 Å². The normalized spacial score (nSPS) is 22.9. The number of hydrogen-bond acceptors (Lipinski definition) is 1. The molecule has 2 saturated carbocycles. The molecule has 0 amide bonds. The maximum Gasteiger partial charge on any atom is 0.0346 e. The van der Waals surface area contributed by atoms with Gasteiger partial charge in [0.2, 0.25) is 0 Å². The van der Waals surface area contributed by atoms with E-state index in [1.165, 1.54) is 44.1 Å². The van der Waals surface area contributed by atoms with E-state index in [9.17, 15) is 0 Å². The minimum absolute atomic E-state index is 0.583. The Balaban J connectivity index is 1.73. The van der Waals surface area contributed by atoms with Gasteiger partial charge in [0.1, 0.15) is 0 Å². The summed E-state index contributed by atoms with van der Waals surface area (Å²) < 4.78 is 0. The summed E-state index contributed by atoms with van der Waals surface area (Å²) in [6, 6.07) is 10.0. The minimum Gasteiger partial charge on any atom is -0.313 e. The van der Waals surface area contributed by atoms with Gasteiger partial charge < -0.3 is 5.32 Å². The van der Waals surface area contributed by atoms with Gasteiger partial charge in [0.25, 0.3) is 0 Å². The number of rotatable bonds is 4. The lowest BCUT2D eigenvalue weighted by molar-refractivity contribution is 0.239. The summed E-state index contributed by atoms with van der Waals surface area (Å²) in [6.45, 7) is 0. The zero-order valence-electron chi connectivity index (χ0n) is 10.8. The number of benzene rings is 1. The van der Waals surface area contributed by atoms with Gasteiger partial charge >= 0.3 is 0 Å². The molecular weight excluding hydrogens is 206 g/mol. The first kappa shape index (κ1) is 11.3. The molecule has 1 heteroatoms. The van der Waals surface area contributed by atoms with E-state index < -0.39 is 0 Å². The molecule has 17 heavy (non-hydrogen) atoms. The topological polar surface area (TPSA) is 12.0 Å². The van der Waals surface area contributed by atoms with Crippen molar-refractivity contribution in [1.82, 2.24) is 5.32 Å². The van der Waals surface area contributed by atoms with Crippen LogP contribution in [0, 0.1) is 5.92 Å². The van der Waals surface area contributed by atoms with Gasteiger partial charge in [-0.25, -0.2) is 0 Å². The lowest BCUT2D eigenvalue weighted by atomic mass is 9.76. The van der Waals surface area contributed by atoms with E-state index in [0.29, 0.717) is 6.04 Å². The largest absolute Gasteiger partial charge is 0.313 e. The van der Waals surface area contributed by atoms with Crippen LogP contribution in [-0.4, -0.2) is 7.05 Å². The summed E-state index contributed by atoms with van der Waals surface area (Å²) >= 11 is 0. The first-order valence-corrected chi connectivity index (χ1v) is 7.15. The van der Waals surface area contributed by atoms with E-state index in [4.69, 9.17) is 0 Å². The van der Waals surface area contributed by atoms with Crippen LogP contribution in [0.3, 0.4) is 0 Å². The fourth-order valence-corrected chi connectivity index (χ4v) is 3.16. The fraction of sp³-hybridized carbons (Fsp3) is 0.625. The monoisotopic (exact) mass is 229 g/mol. The first-order valence-electron chi connectivity index (χ1n) is 7.15. The Morgan fingerprint density at radius 1 is 1.00 bits per heavy atom. The second-order valence-electron chi connectivity index (χ2n) is 5.75. The molecule has 1 N–H and O–H groups in total. The van der Waals surface area contributed by atoms with Crippen molar-refractivity contribution in [2.24, 2.45) is 5.92 Å². The summed E-state index contributed by atoms with van der Waals surface area (Å²) in [5, 5.41) is 3.50. The minimum atomic E-state index is 0.583. The van der Waals surface area contributed by atoms with Crippen molar-refractivity contribution >= 4 is 0 Å². The van der Waals surface area contributed by atoms with Crippen LogP contribution >= 0.6 is 0 Å². The SMILES string of the molecule is CNC(c1ccc(C2CCC2)cc1)C1CCC1. The molecule has 1 aromatic carbocycles. The fourth-order valence-electron chi connectivity index (χ4n) is 3.16. The number of nitrogens with one attached hydrogen (secondary N) is 1. The molecule has 1 aromatic rings. The molecule has 0 aromatic heterocycles. The van der Waals surface area contributed by atoms with Crippen molar-refractivity contribution < 1.29 is 0 Å². The molecule has 0 saturated heterocycles. The average Bonchev–Trinajstić information content (AvgIpc) is 2.22. The quantitative estimate of drug-likeness (QED) is 0.822. The summed E-state index contributed by atoms with van der Waals surface area (Å²) in [4.78, 5) is 0. The van der Waals surface area contributed by atoms with Gasteiger partial charge in [0.15, 0.2) is 0 Å². The molecule has 1 atom stereocenters. The third-order valence-electron chi connectivity index (χ3n) is 4.80. The highest BCUT2D eigenvalue weighted by atomic mass is 14.9. The predicted octanol–water partition coefficient (Wildman–Crippen LogP) is 4.01. The van der Waals surface area contributed by atoms with Crippen LogP contribution in [0.15, 0.2) is 24.3 Å². The second kappa shape index (κ2) is 4.81. The molecule has 2 aliphatic carbocycles. The third kappa shape index (κ3) is 2.13.